The second-order valence-corrected chi connectivity index (χ2v) is 6.78. The molecule has 3 N–H and O–H groups in total. The van der Waals surface area contributed by atoms with E-state index in [9.17, 15) is 22.7 Å². The monoisotopic (exact) mass is 449 g/mol. The van der Waals surface area contributed by atoms with E-state index >= 15 is 0 Å². The number of nitrogens with zero attached hydrogens (tertiary/aromatic N) is 2. The fourth-order valence-electron chi connectivity index (χ4n) is 3.11. The summed E-state index contributed by atoms with van der Waals surface area (Å²) in [7, 11) is 1.13. The summed E-state index contributed by atoms with van der Waals surface area (Å²) < 4.78 is 59.3. The summed E-state index contributed by atoms with van der Waals surface area (Å²) in [6, 6.07) is 6.00. The third kappa shape index (κ3) is 4.74. The van der Waals surface area contributed by atoms with Crippen LogP contribution >= 0.6 is 0 Å². The third-order valence-corrected chi connectivity index (χ3v) is 4.60. The largest absolute Gasteiger partial charge is 0.496 e. The van der Waals surface area contributed by atoms with Crippen molar-refractivity contribution in [3.63, 3.8) is 0 Å². The lowest BCUT2D eigenvalue weighted by molar-refractivity contribution is -0.137. The number of methoxy groups -OCH3 is 1. The van der Waals surface area contributed by atoms with E-state index in [4.69, 9.17) is 9.84 Å². The number of ether oxygens (including phenoxy) is 1. The van der Waals surface area contributed by atoms with Gasteiger partial charge in [0.05, 0.1) is 30.9 Å². The van der Waals surface area contributed by atoms with Crippen LogP contribution in [-0.4, -0.2) is 46.8 Å². The predicted molar refractivity (Wildman–Crippen MR) is 111 cm³/mol. The average Bonchev–Trinajstić information content (AvgIpc) is 2.76. The van der Waals surface area contributed by atoms with E-state index in [1.807, 2.05) is 0 Å². The molecule has 0 spiro atoms. The molecular formula is C22H19F4N3O3. The van der Waals surface area contributed by atoms with Crippen molar-refractivity contribution < 1.29 is 32.5 Å². The highest BCUT2D eigenvalue weighted by Crippen LogP contribution is 2.41. The molecule has 2 aromatic carbocycles. The number of halogens is 4. The fraction of sp³-hybridized carbons (Fsp3) is 0.273. The number of fused-ring (bicyclic) bond motifs is 1. The molecule has 0 aliphatic carbocycles. The van der Waals surface area contributed by atoms with Gasteiger partial charge >= 0.3 is 6.18 Å². The van der Waals surface area contributed by atoms with E-state index in [0.29, 0.717) is 28.5 Å². The van der Waals surface area contributed by atoms with Gasteiger partial charge in [0.1, 0.15) is 17.3 Å². The van der Waals surface area contributed by atoms with Crippen LogP contribution in [0.1, 0.15) is 18.1 Å². The molecular weight excluding hydrogens is 430 g/mol. The van der Waals surface area contributed by atoms with Crippen LogP contribution in [0.15, 0.2) is 30.3 Å². The van der Waals surface area contributed by atoms with Crippen molar-refractivity contribution in [3.05, 3.63) is 47.3 Å². The highest BCUT2D eigenvalue weighted by Gasteiger charge is 2.33. The summed E-state index contributed by atoms with van der Waals surface area (Å²) in [6.07, 6.45) is -5.81. The van der Waals surface area contributed by atoms with Crippen molar-refractivity contribution in [3.8, 4) is 28.8 Å². The lowest BCUT2D eigenvalue weighted by Crippen LogP contribution is -2.23. The lowest BCUT2D eigenvalue weighted by Gasteiger charge is -2.16. The number of anilines is 1. The fourth-order valence-corrected chi connectivity index (χ4v) is 3.11. The molecule has 0 amide bonds. The summed E-state index contributed by atoms with van der Waals surface area (Å²) in [5, 5.41) is 30.4. The van der Waals surface area contributed by atoms with E-state index in [-0.39, 0.29) is 29.4 Å². The Balaban J connectivity index is 2.25. The predicted octanol–water partition coefficient (Wildman–Crippen LogP) is 3.60. The molecule has 168 valence electrons. The number of rotatable bonds is 6. The Morgan fingerprint density at radius 2 is 1.91 bits per heavy atom. The van der Waals surface area contributed by atoms with Gasteiger partial charge in [-0.3, -0.25) is 0 Å². The molecule has 0 fully saturated rings. The van der Waals surface area contributed by atoms with Crippen molar-refractivity contribution in [1.29, 1.82) is 0 Å². The van der Waals surface area contributed by atoms with Crippen LogP contribution in [0.25, 0.3) is 22.0 Å². The van der Waals surface area contributed by atoms with Gasteiger partial charge in [-0.25, -0.2) is 4.39 Å². The maximum atomic E-state index is 14.9. The SMILES string of the molecule is CC#Cc1ccc2c(-c3c(F)cc(C(F)(F)F)cc3OC)nnc(NC[C@H](O)CO)c2c1. The molecule has 0 unspecified atom stereocenters. The molecule has 0 radical (unpaired) electrons. The van der Waals surface area contributed by atoms with Gasteiger partial charge in [-0.2, -0.15) is 13.2 Å². The van der Waals surface area contributed by atoms with E-state index in [1.54, 1.807) is 25.1 Å². The minimum absolute atomic E-state index is 0.0210. The van der Waals surface area contributed by atoms with Crippen LogP contribution in [0, 0.1) is 17.7 Å². The second-order valence-electron chi connectivity index (χ2n) is 6.78. The number of benzene rings is 2. The summed E-state index contributed by atoms with van der Waals surface area (Å²) >= 11 is 0. The number of nitrogens with one attached hydrogen (secondary N) is 1. The Kier molecular flexibility index (Phi) is 6.81. The quantitative estimate of drug-likeness (QED) is 0.394. The van der Waals surface area contributed by atoms with Crippen LogP contribution in [0.2, 0.25) is 0 Å². The molecule has 6 nitrogen and oxygen atoms in total. The maximum absolute atomic E-state index is 14.9. The zero-order valence-electron chi connectivity index (χ0n) is 17.1. The maximum Gasteiger partial charge on any atom is 0.416 e. The molecule has 0 saturated heterocycles. The smallest absolute Gasteiger partial charge is 0.416 e. The topological polar surface area (TPSA) is 87.5 Å². The number of aliphatic hydroxyl groups is 2. The molecule has 1 atom stereocenters. The van der Waals surface area contributed by atoms with Gasteiger partial charge in [0.15, 0.2) is 5.82 Å². The lowest BCUT2D eigenvalue weighted by atomic mass is 10.00. The summed E-state index contributed by atoms with van der Waals surface area (Å²) in [5.74, 6) is 4.35. The molecule has 3 aromatic rings. The molecule has 32 heavy (non-hydrogen) atoms. The Bertz CT molecular complexity index is 1200. The van der Waals surface area contributed by atoms with Crippen LogP contribution in [0.3, 0.4) is 0 Å². The average molecular weight is 449 g/mol. The van der Waals surface area contributed by atoms with Crippen LogP contribution in [-0.2, 0) is 6.18 Å². The molecule has 1 aromatic heterocycles. The first-order valence-corrected chi connectivity index (χ1v) is 9.40. The Morgan fingerprint density at radius 3 is 2.53 bits per heavy atom. The van der Waals surface area contributed by atoms with Crippen molar-refractivity contribution in [2.45, 2.75) is 19.2 Å². The minimum Gasteiger partial charge on any atom is -0.496 e. The second kappa shape index (κ2) is 9.38. The first-order chi connectivity index (χ1) is 15.2. The van der Waals surface area contributed by atoms with Gasteiger partial charge in [0.2, 0.25) is 0 Å². The third-order valence-electron chi connectivity index (χ3n) is 4.60. The van der Waals surface area contributed by atoms with E-state index in [0.717, 1.165) is 7.11 Å². The summed E-state index contributed by atoms with van der Waals surface area (Å²) in [5.41, 5.74) is -0.865. The van der Waals surface area contributed by atoms with E-state index < -0.39 is 30.3 Å². The van der Waals surface area contributed by atoms with Crippen LogP contribution in [0.5, 0.6) is 5.75 Å². The summed E-state index contributed by atoms with van der Waals surface area (Å²) in [6.45, 7) is 1.14. The first kappa shape index (κ1) is 23.2. The number of aromatic nitrogens is 2. The van der Waals surface area contributed by atoms with Gasteiger partial charge in [0, 0.05) is 22.9 Å². The Labute approximate surface area is 180 Å². The molecule has 0 saturated carbocycles. The Hall–Kier alpha value is -3.42. The van der Waals surface area contributed by atoms with Crippen molar-refractivity contribution >= 4 is 16.6 Å². The first-order valence-electron chi connectivity index (χ1n) is 9.40. The Morgan fingerprint density at radius 1 is 1.16 bits per heavy atom. The minimum atomic E-state index is -4.75. The van der Waals surface area contributed by atoms with Crippen LogP contribution in [0.4, 0.5) is 23.4 Å². The number of aliphatic hydroxyl groups excluding tert-OH is 2. The van der Waals surface area contributed by atoms with Crippen molar-refractivity contribution in [2.24, 2.45) is 0 Å². The number of hydrogen-bond donors (Lipinski definition) is 3. The zero-order chi connectivity index (χ0) is 23.5. The van der Waals surface area contributed by atoms with Gasteiger partial charge in [0.25, 0.3) is 0 Å². The normalized spacial score (nSPS) is 12.2. The highest BCUT2D eigenvalue weighted by atomic mass is 19.4. The van der Waals surface area contributed by atoms with Gasteiger partial charge in [-0.15, -0.1) is 16.1 Å². The number of hydrogen-bond acceptors (Lipinski definition) is 6. The van der Waals surface area contributed by atoms with Crippen molar-refractivity contribution in [2.75, 3.05) is 25.6 Å². The van der Waals surface area contributed by atoms with Gasteiger partial charge in [-0.1, -0.05) is 12.0 Å². The highest BCUT2D eigenvalue weighted by molar-refractivity contribution is 6.01. The molecule has 0 aliphatic heterocycles. The van der Waals surface area contributed by atoms with Crippen LogP contribution < -0.4 is 10.1 Å². The molecule has 3 rings (SSSR count). The van der Waals surface area contributed by atoms with Gasteiger partial charge < -0.3 is 20.3 Å². The standard InChI is InChI=1S/C22H19F4N3O3/c1-3-4-12-5-6-15-16(7-12)21(27-10-14(31)11-30)29-28-20(15)19-17(23)8-13(22(24,25)26)9-18(19)32-2/h5-9,14,30-31H,10-11H2,1-2H3,(H,27,29)/t14-/m0/s1. The molecule has 0 aliphatic rings. The number of alkyl halides is 3. The molecule has 0 bridgehead atoms. The van der Waals surface area contributed by atoms with Crippen molar-refractivity contribution in [1.82, 2.24) is 10.2 Å². The van der Waals surface area contributed by atoms with Gasteiger partial charge in [-0.05, 0) is 31.2 Å². The summed E-state index contributed by atoms with van der Waals surface area (Å²) in [4.78, 5) is 0. The zero-order valence-corrected chi connectivity index (χ0v) is 17.1. The molecule has 10 heteroatoms. The van der Waals surface area contributed by atoms with E-state index in [1.165, 1.54) is 0 Å². The van der Waals surface area contributed by atoms with E-state index in [2.05, 4.69) is 27.4 Å². The molecule has 1 heterocycles.